The highest BCUT2D eigenvalue weighted by Gasteiger charge is 2.13. The van der Waals surface area contributed by atoms with Crippen molar-refractivity contribution < 1.29 is 14.6 Å². The second kappa shape index (κ2) is 8.32. The number of aliphatic hydroxyl groups excluding tert-OH is 1. The van der Waals surface area contributed by atoms with E-state index in [0.717, 1.165) is 31.0 Å². The van der Waals surface area contributed by atoms with E-state index in [0.29, 0.717) is 13.0 Å². The second-order valence-corrected chi connectivity index (χ2v) is 4.13. The highest BCUT2D eigenvalue weighted by Crippen LogP contribution is 2.14. The molecule has 0 amide bonds. The molecule has 0 aliphatic carbocycles. The first-order valence-corrected chi connectivity index (χ1v) is 6.03. The fourth-order valence-electron chi connectivity index (χ4n) is 1.84. The number of morpholine rings is 1. The summed E-state index contributed by atoms with van der Waals surface area (Å²) in [6.45, 7) is 3.24. The molecule has 18 heavy (non-hydrogen) atoms. The third kappa shape index (κ3) is 4.82. The van der Waals surface area contributed by atoms with Crippen LogP contribution in [0.2, 0.25) is 0 Å². The third-order valence-electron chi connectivity index (χ3n) is 2.74. The van der Waals surface area contributed by atoms with Crippen LogP contribution >= 0.6 is 12.4 Å². The quantitative estimate of drug-likeness (QED) is 0.841. The number of ether oxygens (including phenoxy) is 2. The number of rotatable bonds is 5. The Morgan fingerprint density at radius 2 is 2.33 bits per heavy atom. The summed E-state index contributed by atoms with van der Waals surface area (Å²) in [5.74, 6) is 0.838. The summed E-state index contributed by atoms with van der Waals surface area (Å²) < 4.78 is 11.2. The van der Waals surface area contributed by atoms with Crippen LogP contribution in [0.5, 0.6) is 5.75 Å². The predicted octanol–water partition coefficient (Wildman–Crippen LogP) is 1.01. The average Bonchev–Trinajstić information content (AvgIpc) is 2.39. The van der Waals surface area contributed by atoms with E-state index >= 15 is 0 Å². The molecule has 0 saturated carbocycles. The summed E-state index contributed by atoms with van der Waals surface area (Å²) >= 11 is 0. The van der Waals surface area contributed by atoms with Crippen molar-refractivity contribution in [2.24, 2.45) is 0 Å². The third-order valence-corrected chi connectivity index (χ3v) is 2.74. The monoisotopic (exact) mass is 273 g/mol. The van der Waals surface area contributed by atoms with Gasteiger partial charge in [-0.25, -0.2) is 0 Å². The molecular weight excluding hydrogens is 254 g/mol. The lowest BCUT2D eigenvalue weighted by Gasteiger charge is -2.23. The van der Waals surface area contributed by atoms with Gasteiger partial charge in [0.05, 0.1) is 6.61 Å². The molecule has 1 aliphatic heterocycles. The van der Waals surface area contributed by atoms with Crippen LogP contribution in [0.4, 0.5) is 0 Å². The summed E-state index contributed by atoms with van der Waals surface area (Å²) in [5, 5.41) is 12.1. The molecule has 5 heteroatoms. The molecular formula is C13H20ClNO3. The van der Waals surface area contributed by atoms with Gasteiger partial charge in [0.25, 0.3) is 0 Å². The van der Waals surface area contributed by atoms with Crippen molar-refractivity contribution in [3.8, 4) is 5.75 Å². The summed E-state index contributed by atoms with van der Waals surface area (Å²) in [4.78, 5) is 0. The lowest BCUT2D eigenvalue weighted by Crippen LogP contribution is -2.41. The van der Waals surface area contributed by atoms with Gasteiger partial charge in [-0.05, 0) is 24.1 Å². The lowest BCUT2D eigenvalue weighted by atomic mass is 10.1. The number of nitrogens with one attached hydrogen (secondary N) is 1. The molecule has 1 aromatic rings. The van der Waals surface area contributed by atoms with Gasteiger partial charge in [-0.15, -0.1) is 12.4 Å². The number of benzene rings is 1. The van der Waals surface area contributed by atoms with Crippen LogP contribution < -0.4 is 10.1 Å². The minimum atomic E-state index is 0. The molecule has 1 aliphatic rings. The highest BCUT2D eigenvalue weighted by atomic mass is 35.5. The first-order chi connectivity index (χ1) is 8.38. The van der Waals surface area contributed by atoms with E-state index in [1.165, 1.54) is 0 Å². The Kier molecular flexibility index (Phi) is 7.05. The van der Waals surface area contributed by atoms with E-state index in [4.69, 9.17) is 14.6 Å². The number of hydrogen-bond acceptors (Lipinski definition) is 4. The van der Waals surface area contributed by atoms with Crippen LogP contribution in [0.3, 0.4) is 0 Å². The van der Waals surface area contributed by atoms with Crippen LogP contribution in [0.1, 0.15) is 5.56 Å². The second-order valence-electron chi connectivity index (χ2n) is 4.13. The van der Waals surface area contributed by atoms with Crippen LogP contribution in [0.15, 0.2) is 24.3 Å². The number of halogens is 1. The Labute approximate surface area is 114 Å². The summed E-state index contributed by atoms with van der Waals surface area (Å²) in [5.41, 5.74) is 1.09. The molecule has 1 fully saturated rings. The normalized spacial score (nSPS) is 19.1. The van der Waals surface area contributed by atoms with Crippen molar-refractivity contribution in [3.63, 3.8) is 0 Å². The summed E-state index contributed by atoms with van der Waals surface area (Å²) in [6.07, 6.45) is 0.795. The van der Waals surface area contributed by atoms with E-state index in [-0.39, 0.29) is 25.1 Å². The Morgan fingerprint density at radius 1 is 1.44 bits per heavy atom. The van der Waals surface area contributed by atoms with E-state index in [9.17, 15) is 0 Å². The standard InChI is InChI=1S/C13H19NO3.ClH/c15-6-4-11-2-1-3-12(8-11)17-10-13-9-14-5-7-16-13;/h1-3,8,13-15H,4-7,9-10H2;1H. The van der Waals surface area contributed by atoms with E-state index in [1.807, 2.05) is 24.3 Å². The van der Waals surface area contributed by atoms with Crippen molar-refractivity contribution in [2.75, 3.05) is 32.9 Å². The molecule has 0 bridgehead atoms. The van der Waals surface area contributed by atoms with Crippen molar-refractivity contribution in [1.29, 1.82) is 0 Å². The SMILES string of the molecule is Cl.OCCc1cccc(OCC2CNCCO2)c1. The fraction of sp³-hybridized carbons (Fsp3) is 0.538. The Morgan fingerprint density at radius 3 is 3.06 bits per heavy atom. The molecule has 1 unspecified atom stereocenters. The van der Waals surface area contributed by atoms with Gasteiger partial charge in [0, 0.05) is 19.7 Å². The van der Waals surface area contributed by atoms with Gasteiger partial charge >= 0.3 is 0 Å². The minimum Gasteiger partial charge on any atom is -0.491 e. The molecule has 0 spiro atoms. The maximum atomic E-state index is 8.88. The highest BCUT2D eigenvalue weighted by molar-refractivity contribution is 5.85. The van der Waals surface area contributed by atoms with E-state index in [2.05, 4.69) is 5.32 Å². The fourth-order valence-corrected chi connectivity index (χ4v) is 1.84. The van der Waals surface area contributed by atoms with Gasteiger partial charge < -0.3 is 19.9 Å². The van der Waals surface area contributed by atoms with Crippen molar-refractivity contribution >= 4 is 12.4 Å². The molecule has 2 rings (SSSR count). The van der Waals surface area contributed by atoms with Crippen LogP contribution in [0, 0.1) is 0 Å². The maximum absolute atomic E-state index is 8.88. The molecule has 2 N–H and O–H groups in total. The molecule has 0 aromatic heterocycles. The lowest BCUT2D eigenvalue weighted by molar-refractivity contribution is 0.000178. The molecule has 0 radical (unpaired) electrons. The van der Waals surface area contributed by atoms with Gasteiger partial charge in [0.1, 0.15) is 18.5 Å². The maximum Gasteiger partial charge on any atom is 0.119 e. The molecule has 1 aromatic carbocycles. The molecule has 1 atom stereocenters. The number of hydrogen-bond donors (Lipinski definition) is 2. The van der Waals surface area contributed by atoms with Gasteiger partial charge in [-0.1, -0.05) is 12.1 Å². The van der Waals surface area contributed by atoms with Crippen LogP contribution in [-0.2, 0) is 11.2 Å². The summed E-state index contributed by atoms with van der Waals surface area (Å²) in [7, 11) is 0. The molecule has 4 nitrogen and oxygen atoms in total. The van der Waals surface area contributed by atoms with Crippen molar-refractivity contribution in [2.45, 2.75) is 12.5 Å². The topological polar surface area (TPSA) is 50.7 Å². The minimum absolute atomic E-state index is 0. The van der Waals surface area contributed by atoms with Crippen molar-refractivity contribution in [3.05, 3.63) is 29.8 Å². The van der Waals surface area contributed by atoms with Gasteiger partial charge in [0.2, 0.25) is 0 Å². The zero-order valence-electron chi connectivity index (χ0n) is 10.3. The zero-order chi connectivity index (χ0) is 11.9. The smallest absolute Gasteiger partial charge is 0.119 e. The first kappa shape index (κ1) is 15.2. The number of aliphatic hydroxyl groups is 1. The van der Waals surface area contributed by atoms with Gasteiger partial charge in [0.15, 0.2) is 0 Å². The van der Waals surface area contributed by atoms with Crippen LogP contribution in [0.25, 0.3) is 0 Å². The Bertz CT molecular complexity index is 343. The zero-order valence-corrected chi connectivity index (χ0v) is 11.1. The summed E-state index contributed by atoms with van der Waals surface area (Å²) in [6, 6.07) is 7.83. The molecule has 1 saturated heterocycles. The van der Waals surface area contributed by atoms with Crippen LogP contribution in [-0.4, -0.2) is 44.1 Å². The average molecular weight is 274 g/mol. The molecule has 102 valence electrons. The van der Waals surface area contributed by atoms with E-state index in [1.54, 1.807) is 0 Å². The predicted molar refractivity (Wildman–Crippen MR) is 72.6 cm³/mol. The first-order valence-electron chi connectivity index (χ1n) is 6.03. The van der Waals surface area contributed by atoms with Gasteiger partial charge in [-0.3, -0.25) is 0 Å². The van der Waals surface area contributed by atoms with Gasteiger partial charge in [-0.2, -0.15) is 0 Å². The Hall–Kier alpha value is -0.810. The Balaban J connectivity index is 0.00000162. The van der Waals surface area contributed by atoms with Crippen molar-refractivity contribution in [1.82, 2.24) is 5.32 Å². The van der Waals surface area contributed by atoms with E-state index < -0.39 is 0 Å². The largest absolute Gasteiger partial charge is 0.491 e. The molecule has 1 heterocycles.